The van der Waals surface area contributed by atoms with Gasteiger partial charge in [0.25, 0.3) is 0 Å². The molecule has 0 N–H and O–H groups in total. The van der Waals surface area contributed by atoms with Gasteiger partial charge in [-0.1, -0.05) is 19.1 Å². The predicted molar refractivity (Wildman–Crippen MR) is 67.3 cm³/mol. The molecule has 0 aliphatic heterocycles. The maximum atomic E-state index is 11.6. The number of nitrogens with zero attached hydrogens (tertiary/aromatic N) is 1. The fraction of sp³-hybridized carbons (Fsp3) is 0.462. The summed E-state index contributed by atoms with van der Waals surface area (Å²) in [5.41, 5.74) is 0.553. The lowest BCUT2D eigenvalue weighted by atomic mass is 9.87. The van der Waals surface area contributed by atoms with Crippen molar-refractivity contribution in [2.24, 2.45) is 5.41 Å². The van der Waals surface area contributed by atoms with Crippen LogP contribution < -0.4 is 0 Å². The van der Waals surface area contributed by atoms with Crippen LogP contribution in [0.3, 0.4) is 0 Å². The van der Waals surface area contributed by atoms with E-state index in [4.69, 9.17) is 5.26 Å². The van der Waals surface area contributed by atoms with E-state index in [0.717, 1.165) is 5.56 Å². The van der Waals surface area contributed by atoms with Gasteiger partial charge in [-0.2, -0.15) is 5.26 Å². The van der Waals surface area contributed by atoms with Crippen LogP contribution in [0.2, 0.25) is 0 Å². The fourth-order valence-electron chi connectivity index (χ4n) is 1.53. The Bertz CT molecular complexity index is 522. The summed E-state index contributed by atoms with van der Waals surface area (Å²) in [6, 6.07) is 9.01. The number of rotatable bonds is 4. The van der Waals surface area contributed by atoms with Crippen LogP contribution in [0.25, 0.3) is 0 Å². The normalized spacial score (nSPS) is 12.1. The Morgan fingerprint density at radius 2 is 1.76 bits per heavy atom. The molecule has 4 heteroatoms. The molecule has 17 heavy (non-hydrogen) atoms. The van der Waals surface area contributed by atoms with Crippen LogP contribution in [0.5, 0.6) is 0 Å². The smallest absolute Gasteiger partial charge is 0.178 e. The zero-order valence-electron chi connectivity index (χ0n) is 10.4. The number of hydrogen-bond donors (Lipinski definition) is 0. The molecule has 0 spiro atoms. The van der Waals surface area contributed by atoms with Crippen molar-refractivity contribution in [3.05, 3.63) is 29.8 Å². The summed E-state index contributed by atoms with van der Waals surface area (Å²) in [5.74, 6) is 0.107. The summed E-state index contributed by atoms with van der Waals surface area (Å²) < 4.78 is 23.2. The monoisotopic (exact) mass is 251 g/mol. The molecule has 0 aliphatic rings. The molecule has 0 amide bonds. The topological polar surface area (TPSA) is 57.9 Å². The summed E-state index contributed by atoms with van der Waals surface area (Å²) in [7, 11) is -3.13. The first-order chi connectivity index (χ1) is 7.80. The van der Waals surface area contributed by atoms with Crippen molar-refractivity contribution >= 4 is 9.84 Å². The Morgan fingerprint density at radius 3 is 2.18 bits per heavy atom. The maximum absolute atomic E-state index is 11.6. The van der Waals surface area contributed by atoms with E-state index in [1.54, 1.807) is 31.2 Å². The predicted octanol–water partition coefficient (Wildman–Crippen LogP) is 2.57. The van der Waals surface area contributed by atoms with Gasteiger partial charge in [0.1, 0.15) is 0 Å². The van der Waals surface area contributed by atoms with Gasteiger partial charge in [-0.15, -0.1) is 0 Å². The number of sulfone groups is 1. The molecule has 1 rings (SSSR count). The number of hydrogen-bond acceptors (Lipinski definition) is 3. The number of benzene rings is 1. The third-order valence-electron chi connectivity index (χ3n) is 2.61. The molecule has 92 valence electrons. The first kappa shape index (κ1) is 13.7. The maximum Gasteiger partial charge on any atom is 0.178 e. The van der Waals surface area contributed by atoms with Gasteiger partial charge in [0.2, 0.25) is 0 Å². The van der Waals surface area contributed by atoms with E-state index >= 15 is 0 Å². The Hall–Kier alpha value is -1.34. The molecule has 0 heterocycles. The van der Waals surface area contributed by atoms with Crippen molar-refractivity contribution < 1.29 is 8.42 Å². The van der Waals surface area contributed by atoms with E-state index in [9.17, 15) is 8.42 Å². The van der Waals surface area contributed by atoms with E-state index < -0.39 is 15.3 Å². The third kappa shape index (κ3) is 3.57. The van der Waals surface area contributed by atoms with E-state index in [0.29, 0.717) is 11.3 Å². The molecule has 0 saturated heterocycles. The van der Waals surface area contributed by atoms with Gasteiger partial charge in [-0.3, -0.25) is 0 Å². The second-order valence-electron chi connectivity index (χ2n) is 4.72. The van der Waals surface area contributed by atoms with Crippen molar-refractivity contribution in [2.75, 3.05) is 5.75 Å². The molecule has 0 saturated carbocycles. The Balaban J connectivity index is 2.95. The van der Waals surface area contributed by atoms with Crippen molar-refractivity contribution in [3.8, 4) is 6.07 Å². The van der Waals surface area contributed by atoms with Gasteiger partial charge in [0.05, 0.1) is 22.1 Å². The number of nitriles is 1. The Kier molecular flexibility index (Phi) is 3.94. The Morgan fingerprint density at radius 1 is 1.24 bits per heavy atom. The summed E-state index contributed by atoms with van der Waals surface area (Å²) in [6.45, 7) is 5.36. The van der Waals surface area contributed by atoms with Crippen molar-refractivity contribution in [1.82, 2.24) is 0 Å². The van der Waals surface area contributed by atoms with Crippen molar-refractivity contribution in [3.63, 3.8) is 0 Å². The zero-order valence-corrected chi connectivity index (χ0v) is 11.2. The third-order valence-corrected chi connectivity index (χ3v) is 4.36. The van der Waals surface area contributed by atoms with E-state index in [-0.39, 0.29) is 5.75 Å². The lowest BCUT2D eigenvalue weighted by Crippen LogP contribution is -2.12. The van der Waals surface area contributed by atoms with Gasteiger partial charge in [0, 0.05) is 0 Å². The average molecular weight is 251 g/mol. The van der Waals surface area contributed by atoms with Gasteiger partial charge in [-0.05, 0) is 38.0 Å². The largest absolute Gasteiger partial charge is 0.224 e. The highest BCUT2D eigenvalue weighted by Crippen LogP contribution is 2.21. The van der Waals surface area contributed by atoms with Crippen LogP contribution >= 0.6 is 0 Å². The highest BCUT2D eigenvalue weighted by molar-refractivity contribution is 7.91. The van der Waals surface area contributed by atoms with E-state index in [1.165, 1.54) is 0 Å². The van der Waals surface area contributed by atoms with E-state index in [1.807, 2.05) is 13.8 Å². The van der Waals surface area contributed by atoms with E-state index in [2.05, 4.69) is 6.07 Å². The molecule has 1 aromatic rings. The summed E-state index contributed by atoms with van der Waals surface area (Å²) in [6.07, 6.45) is 0.621. The molecular formula is C13H17NO2S. The zero-order chi connectivity index (χ0) is 13.1. The Labute approximate surface area is 103 Å². The van der Waals surface area contributed by atoms with Crippen LogP contribution in [0.15, 0.2) is 29.2 Å². The molecule has 0 fully saturated rings. The first-order valence-electron chi connectivity index (χ1n) is 5.54. The van der Waals surface area contributed by atoms with Crippen molar-refractivity contribution in [1.29, 1.82) is 5.26 Å². The molecule has 0 aliphatic carbocycles. The van der Waals surface area contributed by atoms with Crippen LogP contribution in [0.4, 0.5) is 0 Å². The molecule has 0 radical (unpaired) electrons. The highest BCUT2D eigenvalue weighted by atomic mass is 32.2. The summed E-state index contributed by atoms with van der Waals surface area (Å²) >= 11 is 0. The molecule has 0 atom stereocenters. The molecular weight excluding hydrogens is 234 g/mol. The van der Waals surface area contributed by atoms with Gasteiger partial charge in [0.15, 0.2) is 9.84 Å². The highest BCUT2D eigenvalue weighted by Gasteiger charge is 2.18. The molecule has 3 nitrogen and oxygen atoms in total. The quantitative estimate of drug-likeness (QED) is 0.826. The minimum atomic E-state index is -3.13. The summed E-state index contributed by atoms with van der Waals surface area (Å²) in [4.78, 5) is 0.346. The first-order valence-corrected chi connectivity index (χ1v) is 7.19. The lowest BCUT2D eigenvalue weighted by Gasteiger charge is -2.14. The minimum Gasteiger partial charge on any atom is -0.224 e. The van der Waals surface area contributed by atoms with Gasteiger partial charge < -0.3 is 0 Å². The second-order valence-corrected chi connectivity index (χ2v) is 7.00. The van der Waals surface area contributed by atoms with Gasteiger partial charge in [-0.25, -0.2) is 8.42 Å². The SMILES string of the molecule is CCS(=O)(=O)c1ccc(CC(C)(C)C#N)cc1. The average Bonchev–Trinajstić information content (AvgIpc) is 2.29. The second kappa shape index (κ2) is 4.89. The van der Waals surface area contributed by atoms with Crippen LogP contribution in [-0.2, 0) is 16.3 Å². The molecule has 1 aromatic carbocycles. The minimum absolute atomic E-state index is 0.107. The molecule has 0 aromatic heterocycles. The standard InChI is InChI=1S/C13H17NO2S/c1-4-17(15,16)12-7-5-11(6-8-12)9-13(2,3)10-14/h5-8H,4,9H2,1-3H3. The van der Waals surface area contributed by atoms with Crippen LogP contribution in [-0.4, -0.2) is 14.2 Å². The summed E-state index contributed by atoms with van der Waals surface area (Å²) in [5, 5.41) is 8.93. The van der Waals surface area contributed by atoms with Gasteiger partial charge >= 0.3 is 0 Å². The van der Waals surface area contributed by atoms with Crippen molar-refractivity contribution in [2.45, 2.75) is 32.1 Å². The molecule has 0 bridgehead atoms. The lowest BCUT2D eigenvalue weighted by molar-refractivity contribution is 0.493. The van der Waals surface area contributed by atoms with Crippen LogP contribution in [0.1, 0.15) is 26.3 Å². The molecule has 0 unspecified atom stereocenters. The van der Waals surface area contributed by atoms with Crippen LogP contribution in [0, 0.1) is 16.7 Å². The fourth-order valence-corrected chi connectivity index (χ4v) is 2.42.